The Kier molecular flexibility index (Phi) is 2.98. The Morgan fingerprint density at radius 3 is 2.78 bits per heavy atom. The van der Waals surface area contributed by atoms with Gasteiger partial charge in [-0.15, -0.1) is 0 Å². The molecule has 0 aliphatic heterocycles. The molecule has 1 aromatic heterocycles. The van der Waals surface area contributed by atoms with E-state index in [0.29, 0.717) is 5.69 Å². The Balaban J connectivity index is 2.03. The summed E-state index contributed by atoms with van der Waals surface area (Å²) in [6.45, 7) is 0. The molecule has 113 valence electrons. The summed E-state index contributed by atoms with van der Waals surface area (Å²) in [4.78, 5) is 0. The van der Waals surface area contributed by atoms with E-state index < -0.39 is 5.82 Å². The topological polar surface area (TPSA) is 40.2 Å². The summed E-state index contributed by atoms with van der Waals surface area (Å²) in [5.74, 6) is 0.374. The average Bonchev–Trinajstić information content (AvgIpc) is 3.01. The van der Waals surface area contributed by atoms with E-state index in [0.717, 1.165) is 27.4 Å². The molecule has 0 amide bonds. The first-order valence-corrected chi connectivity index (χ1v) is 7.23. The summed E-state index contributed by atoms with van der Waals surface area (Å²) >= 11 is 0. The zero-order valence-corrected chi connectivity index (χ0v) is 12.5. The Bertz CT molecular complexity index is 1040. The second-order valence-electron chi connectivity index (χ2n) is 5.37. The lowest BCUT2D eigenvalue weighted by Gasteiger charge is -2.09. The zero-order valence-electron chi connectivity index (χ0n) is 12.5. The number of nitrogen functional groups attached to an aromatic ring is 1. The highest BCUT2D eigenvalue weighted by Gasteiger charge is 2.11. The largest absolute Gasteiger partial charge is 0.496 e. The molecule has 0 atom stereocenters. The van der Waals surface area contributed by atoms with E-state index in [1.807, 2.05) is 41.0 Å². The van der Waals surface area contributed by atoms with Gasteiger partial charge in [0.1, 0.15) is 11.6 Å². The minimum Gasteiger partial charge on any atom is -0.496 e. The number of nitrogens with two attached hydrogens (primary N) is 1. The molecule has 0 unspecified atom stereocenters. The molecular weight excluding hydrogens is 291 g/mol. The molecule has 2 N–H and O–H groups in total. The van der Waals surface area contributed by atoms with Crippen LogP contribution in [0.15, 0.2) is 54.6 Å². The molecule has 4 aromatic rings. The highest BCUT2D eigenvalue weighted by Crippen LogP contribution is 2.34. The molecule has 23 heavy (non-hydrogen) atoms. The third-order valence-corrected chi connectivity index (χ3v) is 4.07. The predicted octanol–water partition coefficient (Wildman–Crippen LogP) is 4.31. The van der Waals surface area contributed by atoms with Crippen molar-refractivity contribution in [3.8, 4) is 11.4 Å². The first kappa shape index (κ1) is 13.6. The Hall–Kier alpha value is -3.01. The summed E-state index contributed by atoms with van der Waals surface area (Å²) in [6, 6.07) is 16.6. The summed E-state index contributed by atoms with van der Waals surface area (Å²) < 4.78 is 21.1. The summed E-state index contributed by atoms with van der Waals surface area (Å²) in [7, 11) is 1.66. The van der Waals surface area contributed by atoms with E-state index in [-0.39, 0.29) is 5.69 Å². The van der Waals surface area contributed by atoms with Gasteiger partial charge in [0.25, 0.3) is 0 Å². The standard InChI is InChI=1S/C19H14FN2O/c1-23-18-4-2-3-12-5-8-17-14(19(12)18)9-10-22(17)13-6-7-16(21)15(20)11-13/h2-9,11H,21H2,1H3. The van der Waals surface area contributed by atoms with Gasteiger partial charge in [-0.1, -0.05) is 18.2 Å². The van der Waals surface area contributed by atoms with Gasteiger partial charge < -0.3 is 15.0 Å². The maximum absolute atomic E-state index is 13.8. The van der Waals surface area contributed by atoms with Gasteiger partial charge in [-0.3, -0.25) is 0 Å². The quantitative estimate of drug-likeness (QED) is 0.560. The van der Waals surface area contributed by atoms with Gasteiger partial charge >= 0.3 is 0 Å². The molecule has 0 aliphatic rings. The fraction of sp³-hybridized carbons (Fsp3) is 0.0526. The smallest absolute Gasteiger partial charge is 0.148 e. The van der Waals surface area contributed by atoms with Crippen LogP contribution < -0.4 is 10.5 Å². The number of nitrogens with zero attached hydrogens (tertiary/aromatic N) is 1. The number of aromatic nitrogens is 1. The molecule has 0 saturated heterocycles. The third kappa shape index (κ3) is 2.03. The van der Waals surface area contributed by atoms with E-state index in [1.54, 1.807) is 19.2 Å². The van der Waals surface area contributed by atoms with Crippen molar-refractivity contribution < 1.29 is 9.13 Å². The Labute approximate surface area is 132 Å². The first-order chi connectivity index (χ1) is 11.2. The van der Waals surface area contributed by atoms with Crippen LogP contribution in [0, 0.1) is 12.0 Å². The Morgan fingerprint density at radius 2 is 2.00 bits per heavy atom. The molecule has 0 spiro atoms. The fourth-order valence-corrected chi connectivity index (χ4v) is 2.94. The van der Waals surface area contributed by atoms with E-state index in [1.165, 1.54) is 6.07 Å². The van der Waals surface area contributed by atoms with E-state index in [2.05, 4.69) is 6.20 Å². The molecule has 0 bridgehead atoms. The van der Waals surface area contributed by atoms with Crippen molar-refractivity contribution in [1.29, 1.82) is 0 Å². The molecule has 1 radical (unpaired) electrons. The number of ether oxygens (including phenoxy) is 1. The van der Waals surface area contributed by atoms with Crippen LogP contribution in [0.5, 0.6) is 5.75 Å². The van der Waals surface area contributed by atoms with Crippen molar-refractivity contribution in [3.63, 3.8) is 0 Å². The van der Waals surface area contributed by atoms with E-state index >= 15 is 0 Å². The van der Waals surface area contributed by atoms with Crippen LogP contribution in [-0.2, 0) is 0 Å². The van der Waals surface area contributed by atoms with Crippen LogP contribution in [0.4, 0.5) is 10.1 Å². The highest BCUT2D eigenvalue weighted by atomic mass is 19.1. The lowest BCUT2D eigenvalue weighted by atomic mass is 10.1. The highest BCUT2D eigenvalue weighted by molar-refractivity contribution is 6.10. The lowest BCUT2D eigenvalue weighted by molar-refractivity contribution is 0.420. The fourth-order valence-electron chi connectivity index (χ4n) is 2.94. The van der Waals surface area contributed by atoms with Crippen molar-refractivity contribution in [2.45, 2.75) is 0 Å². The number of fused-ring (bicyclic) bond motifs is 3. The van der Waals surface area contributed by atoms with E-state index in [4.69, 9.17) is 10.5 Å². The normalized spacial score (nSPS) is 11.2. The monoisotopic (exact) mass is 305 g/mol. The summed E-state index contributed by atoms with van der Waals surface area (Å²) in [6.07, 6.45) is 3.17. The molecular formula is C19H14FN2O. The van der Waals surface area contributed by atoms with Crippen molar-refractivity contribution in [1.82, 2.24) is 4.57 Å². The van der Waals surface area contributed by atoms with Gasteiger partial charge in [-0.05, 0) is 35.7 Å². The molecule has 4 heteroatoms. The number of hydrogen-bond acceptors (Lipinski definition) is 2. The van der Waals surface area contributed by atoms with Crippen molar-refractivity contribution in [3.05, 3.63) is 66.6 Å². The van der Waals surface area contributed by atoms with E-state index in [9.17, 15) is 4.39 Å². The molecule has 0 fully saturated rings. The minimum atomic E-state index is -0.434. The van der Waals surface area contributed by atoms with Gasteiger partial charge in [0.05, 0.1) is 24.5 Å². The van der Waals surface area contributed by atoms with Gasteiger partial charge in [0.15, 0.2) is 0 Å². The SMILES string of the molecule is COc1cccc2ccc3c(c[c]n3-c3ccc(N)c(F)c3)c12. The van der Waals surface area contributed by atoms with Crippen LogP contribution in [-0.4, -0.2) is 11.7 Å². The molecule has 3 nitrogen and oxygen atoms in total. The van der Waals surface area contributed by atoms with Crippen LogP contribution in [0.1, 0.15) is 0 Å². The van der Waals surface area contributed by atoms with Crippen LogP contribution >= 0.6 is 0 Å². The van der Waals surface area contributed by atoms with Crippen molar-refractivity contribution in [2.75, 3.05) is 12.8 Å². The number of methoxy groups -OCH3 is 1. The number of rotatable bonds is 2. The number of hydrogen-bond donors (Lipinski definition) is 1. The van der Waals surface area contributed by atoms with Crippen molar-refractivity contribution in [2.24, 2.45) is 0 Å². The van der Waals surface area contributed by atoms with Gasteiger partial charge in [-0.2, -0.15) is 0 Å². The maximum atomic E-state index is 13.8. The first-order valence-electron chi connectivity index (χ1n) is 7.23. The second-order valence-corrected chi connectivity index (χ2v) is 5.37. The molecule has 4 rings (SSSR count). The average molecular weight is 305 g/mol. The second kappa shape index (κ2) is 5.02. The van der Waals surface area contributed by atoms with Gasteiger partial charge in [0, 0.05) is 22.5 Å². The number of halogens is 1. The van der Waals surface area contributed by atoms with Crippen LogP contribution in [0.25, 0.3) is 27.4 Å². The van der Waals surface area contributed by atoms with Gasteiger partial charge in [0.2, 0.25) is 0 Å². The molecule has 0 saturated carbocycles. The minimum absolute atomic E-state index is 0.136. The third-order valence-electron chi connectivity index (χ3n) is 4.07. The van der Waals surface area contributed by atoms with Crippen molar-refractivity contribution >= 4 is 27.4 Å². The molecule has 0 aliphatic carbocycles. The molecule has 3 aromatic carbocycles. The summed E-state index contributed by atoms with van der Waals surface area (Å²) in [5.41, 5.74) is 7.31. The predicted molar refractivity (Wildman–Crippen MR) is 90.5 cm³/mol. The van der Waals surface area contributed by atoms with Crippen LogP contribution in [0.3, 0.4) is 0 Å². The van der Waals surface area contributed by atoms with Crippen LogP contribution in [0.2, 0.25) is 0 Å². The molecule has 1 heterocycles. The maximum Gasteiger partial charge on any atom is 0.148 e. The zero-order chi connectivity index (χ0) is 16.0. The number of anilines is 1. The Morgan fingerprint density at radius 1 is 1.13 bits per heavy atom. The number of benzene rings is 3. The summed E-state index contributed by atoms with van der Waals surface area (Å²) in [5, 5.41) is 3.13. The van der Waals surface area contributed by atoms with Gasteiger partial charge in [-0.25, -0.2) is 4.39 Å². The lowest BCUT2D eigenvalue weighted by Crippen LogP contribution is -1.96.